The maximum Gasteiger partial charge on any atom is 0.341 e. The molecule has 1 aliphatic heterocycles. The third kappa shape index (κ3) is 5.76. The highest BCUT2D eigenvalue weighted by atomic mass is 32.1. The van der Waals surface area contributed by atoms with Crippen LogP contribution in [0.5, 0.6) is 11.5 Å². The number of carbonyl (C=O) groups is 2. The molecule has 38 heavy (non-hydrogen) atoms. The summed E-state index contributed by atoms with van der Waals surface area (Å²) in [4.78, 5) is 42.4. The SMILES string of the molecule is C=CCOc1ccc([C@@H]2C(C(=O)OCC)=C(C)N=c3s/c(=C\c4ccc(OCC(=O)O)cc4)c(=O)n32)cc1. The molecule has 4 rings (SSSR count). The van der Waals surface area contributed by atoms with Gasteiger partial charge in [-0.05, 0) is 55.3 Å². The van der Waals surface area contributed by atoms with Crippen LogP contribution in [0.1, 0.15) is 31.0 Å². The van der Waals surface area contributed by atoms with Gasteiger partial charge in [0, 0.05) is 0 Å². The lowest BCUT2D eigenvalue weighted by molar-refractivity contribution is -0.140. The summed E-state index contributed by atoms with van der Waals surface area (Å²) in [6, 6.07) is 13.2. The minimum Gasteiger partial charge on any atom is -0.490 e. The lowest BCUT2D eigenvalue weighted by Gasteiger charge is -2.24. The zero-order valence-corrected chi connectivity index (χ0v) is 21.7. The lowest BCUT2D eigenvalue weighted by Crippen LogP contribution is -2.39. The first-order valence-electron chi connectivity index (χ1n) is 11.8. The van der Waals surface area contributed by atoms with E-state index in [-0.39, 0.29) is 12.2 Å². The molecular formula is C28H26N2O7S. The topological polar surface area (TPSA) is 116 Å². The molecule has 196 valence electrons. The number of aromatic nitrogens is 1. The molecule has 1 aromatic heterocycles. The molecule has 2 aromatic carbocycles. The van der Waals surface area contributed by atoms with Crippen molar-refractivity contribution in [1.82, 2.24) is 4.57 Å². The molecule has 0 saturated carbocycles. The molecule has 2 heterocycles. The van der Waals surface area contributed by atoms with Crippen LogP contribution in [-0.2, 0) is 14.3 Å². The number of carbonyl (C=O) groups excluding carboxylic acids is 1. The van der Waals surface area contributed by atoms with E-state index in [9.17, 15) is 14.4 Å². The number of ether oxygens (including phenoxy) is 3. The third-order valence-corrected chi connectivity index (χ3v) is 6.60. The number of nitrogens with zero attached hydrogens (tertiary/aromatic N) is 2. The molecule has 10 heteroatoms. The van der Waals surface area contributed by atoms with Crippen LogP contribution in [0.4, 0.5) is 0 Å². The Morgan fingerprint density at radius 1 is 1.11 bits per heavy atom. The highest BCUT2D eigenvalue weighted by Gasteiger charge is 2.33. The fourth-order valence-corrected chi connectivity index (χ4v) is 5.01. The van der Waals surface area contributed by atoms with Crippen molar-refractivity contribution < 1.29 is 28.9 Å². The van der Waals surface area contributed by atoms with Crippen LogP contribution in [0.15, 0.2) is 82.2 Å². The number of carboxylic acid groups (broad SMARTS) is 1. The van der Waals surface area contributed by atoms with Gasteiger partial charge >= 0.3 is 11.9 Å². The molecular weight excluding hydrogens is 508 g/mol. The predicted molar refractivity (Wildman–Crippen MR) is 142 cm³/mol. The average molecular weight is 535 g/mol. The average Bonchev–Trinajstić information content (AvgIpc) is 3.20. The third-order valence-electron chi connectivity index (χ3n) is 5.62. The summed E-state index contributed by atoms with van der Waals surface area (Å²) in [5.74, 6) is -0.561. The molecule has 3 aromatic rings. The monoisotopic (exact) mass is 534 g/mol. The van der Waals surface area contributed by atoms with Crippen LogP contribution in [0.3, 0.4) is 0 Å². The van der Waals surface area contributed by atoms with Gasteiger partial charge in [-0.3, -0.25) is 9.36 Å². The van der Waals surface area contributed by atoms with Crippen LogP contribution in [0.2, 0.25) is 0 Å². The van der Waals surface area contributed by atoms with Crippen LogP contribution >= 0.6 is 11.3 Å². The molecule has 1 N–H and O–H groups in total. The number of hydrogen-bond acceptors (Lipinski definition) is 8. The second-order valence-electron chi connectivity index (χ2n) is 8.22. The number of esters is 1. The molecule has 0 saturated heterocycles. The quantitative estimate of drug-likeness (QED) is 0.314. The Labute approximate surface area is 222 Å². The van der Waals surface area contributed by atoms with Crippen molar-refractivity contribution in [2.24, 2.45) is 4.99 Å². The molecule has 0 aliphatic carbocycles. The van der Waals surface area contributed by atoms with Crippen molar-refractivity contribution in [3.05, 3.63) is 103 Å². The van der Waals surface area contributed by atoms with E-state index in [2.05, 4.69) is 11.6 Å². The van der Waals surface area contributed by atoms with Gasteiger partial charge in [-0.15, -0.1) is 0 Å². The van der Waals surface area contributed by atoms with Crippen LogP contribution in [-0.4, -0.2) is 41.4 Å². The zero-order chi connectivity index (χ0) is 27.2. The molecule has 0 unspecified atom stereocenters. The van der Waals surface area contributed by atoms with Gasteiger partial charge in [-0.1, -0.05) is 48.3 Å². The summed E-state index contributed by atoms with van der Waals surface area (Å²) in [5, 5.41) is 8.77. The number of benzene rings is 2. The summed E-state index contributed by atoms with van der Waals surface area (Å²) in [6.07, 6.45) is 3.37. The zero-order valence-electron chi connectivity index (χ0n) is 20.9. The normalized spacial score (nSPS) is 14.9. The van der Waals surface area contributed by atoms with Crippen molar-refractivity contribution in [1.29, 1.82) is 0 Å². The van der Waals surface area contributed by atoms with Crippen molar-refractivity contribution in [2.75, 3.05) is 19.8 Å². The fourth-order valence-electron chi connectivity index (χ4n) is 3.97. The van der Waals surface area contributed by atoms with Gasteiger partial charge in [-0.2, -0.15) is 0 Å². The van der Waals surface area contributed by atoms with E-state index in [0.717, 1.165) is 5.56 Å². The number of carboxylic acids is 1. The molecule has 0 radical (unpaired) electrons. The number of aliphatic carboxylic acids is 1. The minimum absolute atomic E-state index is 0.188. The van der Waals surface area contributed by atoms with Gasteiger partial charge < -0.3 is 19.3 Å². The maximum atomic E-state index is 13.7. The van der Waals surface area contributed by atoms with E-state index in [1.165, 1.54) is 15.9 Å². The molecule has 0 amide bonds. The molecule has 1 aliphatic rings. The first-order valence-corrected chi connectivity index (χ1v) is 12.6. The summed E-state index contributed by atoms with van der Waals surface area (Å²) in [5.41, 5.74) is 1.91. The number of hydrogen-bond donors (Lipinski definition) is 1. The summed E-state index contributed by atoms with van der Waals surface area (Å²) < 4.78 is 18.0. The standard InChI is InChI=1S/C28H26N2O7S/c1-4-14-36-20-12-8-19(9-13-20)25-24(27(34)35-5-2)17(3)29-28-30(25)26(33)22(38-28)15-18-6-10-21(11-7-18)37-16-23(31)32/h4,6-13,15,25H,1,5,14,16H2,2-3H3,(H,31,32)/b22-15-/t25-/m1/s1. The first kappa shape index (κ1) is 26.6. The van der Waals surface area contributed by atoms with Gasteiger partial charge in [0.15, 0.2) is 11.4 Å². The van der Waals surface area contributed by atoms with Crippen LogP contribution < -0.4 is 24.4 Å². The second-order valence-corrected chi connectivity index (χ2v) is 9.23. The van der Waals surface area contributed by atoms with Crippen LogP contribution in [0.25, 0.3) is 6.08 Å². The van der Waals surface area contributed by atoms with Gasteiger partial charge in [0.2, 0.25) is 0 Å². The number of allylic oxidation sites excluding steroid dienone is 1. The highest BCUT2D eigenvalue weighted by Crippen LogP contribution is 2.31. The summed E-state index contributed by atoms with van der Waals surface area (Å²) in [6.45, 7) is 7.20. The van der Waals surface area contributed by atoms with E-state index in [0.29, 0.717) is 44.3 Å². The Kier molecular flexibility index (Phi) is 8.22. The molecule has 0 bridgehead atoms. The largest absolute Gasteiger partial charge is 0.490 e. The Hall–Kier alpha value is -4.44. The molecule has 1 atom stereocenters. The first-order chi connectivity index (χ1) is 18.3. The fraction of sp³-hybridized carbons (Fsp3) is 0.214. The van der Waals surface area contributed by atoms with Gasteiger partial charge in [-0.25, -0.2) is 14.6 Å². The summed E-state index contributed by atoms with van der Waals surface area (Å²) >= 11 is 1.22. The minimum atomic E-state index is -1.07. The van der Waals surface area contributed by atoms with Gasteiger partial charge in [0.1, 0.15) is 18.1 Å². The van der Waals surface area contributed by atoms with E-state index < -0.39 is 24.6 Å². The Morgan fingerprint density at radius 3 is 2.39 bits per heavy atom. The molecule has 0 spiro atoms. The maximum absolute atomic E-state index is 13.7. The van der Waals surface area contributed by atoms with Gasteiger partial charge in [0.05, 0.1) is 28.5 Å². The predicted octanol–water partition coefficient (Wildman–Crippen LogP) is 2.83. The van der Waals surface area contributed by atoms with E-state index in [1.54, 1.807) is 62.4 Å². The Balaban J connectivity index is 1.78. The smallest absolute Gasteiger partial charge is 0.341 e. The second kappa shape index (κ2) is 11.7. The Morgan fingerprint density at radius 2 is 1.76 bits per heavy atom. The lowest BCUT2D eigenvalue weighted by atomic mass is 9.96. The Bertz CT molecular complexity index is 1570. The van der Waals surface area contributed by atoms with Crippen LogP contribution in [0, 0.1) is 0 Å². The van der Waals surface area contributed by atoms with Crippen molar-refractivity contribution in [3.63, 3.8) is 0 Å². The van der Waals surface area contributed by atoms with E-state index >= 15 is 0 Å². The summed E-state index contributed by atoms with van der Waals surface area (Å²) in [7, 11) is 0. The number of thiazole rings is 1. The molecule has 9 nitrogen and oxygen atoms in total. The molecule has 0 fully saturated rings. The van der Waals surface area contributed by atoms with Crippen molar-refractivity contribution in [3.8, 4) is 11.5 Å². The van der Waals surface area contributed by atoms with Gasteiger partial charge in [0.25, 0.3) is 5.56 Å². The van der Waals surface area contributed by atoms with E-state index in [4.69, 9.17) is 19.3 Å². The van der Waals surface area contributed by atoms with E-state index in [1.807, 2.05) is 12.1 Å². The van der Waals surface area contributed by atoms with Crippen molar-refractivity contribution >= 4 is 29.4 Å². The number of rotatable bonds is 10. The highest BCUT2D eigenvalue weighted by molar-refractivity contribution is 7.07. The van der Waals surface area contributed by atoms with Crippen molar-refractivity contribution in [2.45, 2.75) is 19.9 Å². The number of fused-ring (bicyclic) bond motifs is 1.